The molecule has 9 N–H and O–H groups in total. The monoisotopic (exact) mass is 477 g/mol. The van der Waals surface area contributed by atoms with Crippen molar-refractivity contribution in [3.8, 4) is 0 Å². The molecule has 0 aromatic rings. The number of carbonyl (C=O) groups is 6. The van der Waals surface area contributed by atoms with Crippen molar-refractivity contribution in [2.45, 2.75) is 63.7 Å². The number of amides is 4. The fraction of sp³-hybridized carbons (Fsp3) is 0.667. The first-order valence-electron chi connectivity index (χ1n) is 9.78. The summed E-state index contributed by atoms with van der Waals surface area (Å²) in [5, 5.41) is 24.8. The van der Waals surface area contributed by atoms with E-state index in [1.54, 1.807) is 13.8 Å². The van der Waals surface area contributed by atoms with Crippen LogP contribution in [0.5, 0.6) is 0 Å². The summed E-state index contributed by atoms with van der Waals surface area (Å²) in [5.74, 6) is -6.27. The van der Waals surface area contributed by atoms with E-state index in [1.807, 2.05) is 0 Å². The normalized spacial score (nSPS) is 14.5. The maximum Gasteiger partial charge on any atom is 0.326 e. The van der Waals surface area contributed by atoms with Crippen LogP contribution < -0.4 is 27.4 Å². The fourth-order valence-electron chi connectivity index (χ4n) is 2.54. The van der Waals surface area contributed by atoms with Crippen molar-refractivity contribution in [3.05, 3.63) is 0 Å². The molecule has 0 aromatic heterocycles. The lowest BCUT2D eigenvalue weighted by molar-refractivity contribution is -0.147. The number of hydrogen-bond donors (Lipinski definition) is 8. The molecule has 32 heavy (non-hydrogen) atoms. The number of carboxylic acid groups (broad SMARTS) is 2. The molecular formula is C18H31N5O8S. The number of nitrogens with one attached hydrogen (secondary N) is 3. The Morgan fingerprint density at radius 1 is 0.875 bits per heavy atom. The molecule has 0 aromatic carbocycles. The minimum atomic E-state index is -1.70. The van der Waals surface area contributed by atoms with Crippen LogP contribution >= 0.6 is 12.6 Å². The third-order valence-corrected chi connectivity index (χ3v) is 4.57. The summed E-state index contributed by atoms with van der Waals surface area (Å²) in [5.41, 5.74) is 10.7. The Labute approximate surface area is 190 Å². The molecule has 0 rings (SSSR count). The smallest absolute Gasteiger partial charge is 0.326 e. The maximum atomic E-state index is 12.8. The minimum Gasteiger partial charge on any atom is -0.481 e. The first kappa shape index (κ1) is 29.1. The van der Waals surface area contributed by atoms with Gasteiger partial charge in [-0.3, -0.25) is 24.0 Å². The van der Waals surface area contributed by atoms with Gasteiger partial charge < -0.3 is 37.6 Å². The van der Waals surface area contributed by atoms with E-state index in [1.165, 1.54) is 0 Å². The standard InChI is InChI=1S/C18H31N5O8S/c1-8(2)5-11(17(29)23-12(18(30)31)6-14(25)26)22-16(28)10(3-4-13(20)24)21-15(27)9(19)7-32/h8-12,32H,3-7,19H2,1-2H3,(H2,20,24)(H,21,27)(H,22,28)(H,23,29)(H,25,26)(H,30,31). The highest BCUT2D eigenvalue weighted by Crippen LogP contribution is 2.08. The molecular weight excluding hydrogens is 446 g/mol. The predicted molar refractivity (Wildman–Crippen MR) is 115 cm³/mol. The maximum absolute atomic E-state index is 12.8. The first-order valence-corrected chi connectivity index (χ1v) is 10.4. The molecule has 0 saturated carbocycles. The summed E-state index contributed by atoms with van der Waals surface area (Å²) in [6.45, 7) is 3.49. The number of thiol groups is 1. The Balaban J connectivity index is 5.53. The van der Waals surface area contributed by atoms with Crippen molar-refractivity contribution in [2.24, 2.45) is 17.4 Å². The second kappa shape index (κ2) is 14.2. The molecule has 0 radical (unpaired) electrons. The molecule has 0 heterocycles. The van der Waals surface area contributed by atoms with E-state index >= 15 is 0 Å². The van der Waals surface area contributed by atoms with Crippen molar-refractivity contribution >= 4 is 48.2 Å². The average molecular weight is 478 g/mol. The summed E-state index contributed by atoms with van der Waals surface area (Å²) >= 11 is 3.90. The van der Waals surface area contributed by atoms with Gasteiger partial charge >= 0.3 is 11.9 Å². The molecule has 0 spiro atoms. The van der Waals surface area contributed by atoms with E-state index in [0.717, 1.165) is 0 Å². The van der Waals surface area contributed by atoms with Gasteiger partial charge in [-0.25, -0.2) is 4.79 Å². The number of rotatable bonds is 15. The molecule has 0 saturated heterocycles. The highest BCUT2D eigenvalue weighted by atomic mass is 32.1. The molecule has 0 aliphatic heterocycles. The molecule has 182 valence electrons. The van der Waals surface area contributed by atoms with E-state index in [-0.39, 0.29) is 30.9 Å². The largest absolute Gasteiger partial charge is 0.481 e. The van der Waals surface area contributed by atoms with E-state index in [2.05, 4.69) is 28.6 Å². The van der Waals surface area contributed by atoms with Crippen LogP contribution in [0.1, 0.15) is 39.5 Å². The molecule has 4 atom stereocenters. The van der Waals surface area contributed by atoms with Gasteiger partial charge in [0.25, 0.3) is 0 Å². The lowest BCUT2D eigenvalue weighted by atomic mass is 10.0. The van der Waals surface area contributed by atoms with E-state index in [9.17, 15) is 28.8 Å². The molecule has 4 amide bonds. The van der Waals surface area contributed by atoms with Crippen molar-refractivity contribution in [3.63, 3.8) is 0 Å². The van der Waals surface area contributed by atoms with Gasteiger partial charge in [-0.05, 0) is 18.8 Å². The van der Waals surface area contributed by atoms with Crippen molar-refractivity contribution in [1.29, 1.82) is 0 Å². The molecule has 13 nitrogen and oxygen atoms in total. The number of carbonyl (C=O) groups excluding carboxylic acids is 4. The third-order valence-electron chi connectivity index (χ3n) is 4.18. The van der Waals surface area contributed by atoms with Crippen LogP contribution in [0.3, 0.4) is 0 Å². The Morgan fingerprint density at radius 2 is 1.38 bits per heavy atom. The Hall–Kier alpha value is -2.87. The van der Waals surface area contributed by atoms with Gasteiger partial charge in [-0.2, -0.15) is 12.6 Å². The second-order valence-corrected chi connectivity index (χ2v) is 7.91. The Bertz CT molecular complexity index is 717. The van der Waals surface area contributed by atoms with Crippen molar-refractivity contribution in [2.75, 3.05) is 5.75 Å². The quantitative estimate of drug-likeness (QED) is 0.117. The number of carboxylic acids is 2. The zero-order valence-corrected chi connectivity index (χ0v) is 18.8. The molecule has 0 fully saturated rings. The zero-order chi connectivity index (χ0) is 25.0. The second-order valence-electron chi connectivity index (χ2n) is 7.54. The summed E-state index contributed by atoms with van der Waals surface area (Å²) in [6.07, 6.45) is -1.18. The van der Waals surface area contributed by atoms with Crippen LogP contribution in [-0.2, 0) is 28.8 Å². The number of hydrogen-bond acceptors (Lipinski definition) is 8. The van der Waals surface area contributed by atoms with Gasteiger partial charge in [0, 0.05) is 12.2 Å². The van der Waals surface area contributed by atoms with Gasteiger partial charge in [0.1, 0.15) is 18.1 Å². The first-order chi connectivity index (χ1) is 14.8. The fourth-order valence-corrected chi connectivity index (χ4v) is 2.71. The van der Waals surface area contributed by atoms with Gasteiger partial charge in [0.15, 0.2) is 0 Å². The molecule has 0 bridgehead atoms. The average Bonchev–Trinajstić information content (AvgIpc) is 2.67. The molecule has 0 aliphatic rings. The van der Waals surface area contributed by atoms with Gasteiger partial charge in [-0.15, -0.1) is 0 Å². The minimum absolute atomic E-state index is 0.00543. The van der Waals surface area contributed by atoms with Crippen molar-refractivity contribution < 1.29 is 39.0 Å². The number of primary amides is 1. The lowest BCUT2D eigenvalue weighted by Crippen LogP contribution is -2.57. The Kier molecular flexibility index (Phi) is 13.0. The highest BCUT2D eigenvalue weighted by molar-refractivity contribution is 7.80. The lowest BCUT2D eigenvalue weighted by Gasteiger charge is -2.25. The highest BCUT2D eigenvalue weighted by Gasteiger charge is 2.31. The van der Waals surface area contributed by atoms with Crippen LogP contribution in [0, 0.1) is 5.92 Å². The summed E-state index contributed by atoms with van der Waals surface area (Å²) in [7, 11) is 0. The predicted octanol–water partition coefficient (Wildman–Crippen LogP) is -2.43. The SMILES string of the molecule is CC(C)CC(NC(=O)C(CCC(N)=O)NC(=O)C(N)CS)C(=O)NC(CC(=O)O)C(=O)O. The Morgan fingerprint density at radius 3 is 1.81 bits per heavy atom. The van der Waals surface area contributed by atoms with E-state index in [0.29, 0.717) is 0 Å². The summed E-state index contributed by atoms with van der Waals surface area (Å²) < 4.78 is 0. The molecule has 14 heteroatoms. The zero-order valence-electron chi connectivity index (χ0n) is 17.9. The number of nitrogens with two attached hydrogens (primary N) is 2. The summed E-state index contributed by atoms with van der Waals surface area (Å²) in [4.78, 5) is 70.6. The summed E-state index contributed by atoms with van der Waals surface area (Å²) in [6, 6.07) is -5.21. The van der Waals surface area contributed by atoms with Gasteiger partial charge in [-0.1, -0.05) is 13.8 Å². The van der Waals surface area contributed by atoms with Crippen molar-refractivity contribution in [1.82, 2.24) is 16.0 Å². The molecule has 0 aliphatic carbocycles. The van der Waals surface area contributed by atoms with E-state index < -0.39 is 66.2 Å². The van der Waals surface area contributed by atoms with Crippen LogP contribution in [0.15, 0.2) is 0 Å². The van der Waals surface area contributed by atoms with E-state index in [4.69, 9.17) is 21.7 Å². The van der Waals surface area contributed by atoms with Gasteiger partial charge in [0.2, 0.25) is 23.6 Å². The van der Waals surface area contributed by atoms with Crippen LogP contribution in [0.4, 0.5) is 0 Å². The van der Waals surface area contributed by atoms with Crippen LogP contribution in [0.25, 0.3) is 0 Å². The topological polar surface area (TPSA) is 231 Å². The molecule has 4 unspecified atom stereocenters. The van der Waals surface area contributed by atoms with Crippen LogP contribution in [0.2, 0.25) is 0 Å². The van der Waals surface area contributed by atoms with Crippen LogP contribution in [-0.4, -0.2) is 75.7 Å². The number of aliphatic carboxylic acids is 2. The third kappa shape index (κ3) is 11.5. The van der Waals surface area contributed by atoms with Gasteiger partial charge in [0.05, 0.1) is 12.5 Å².